The molecule has 0 aliphatic heterocycles. The van der Waals surface area contributed by atoms with Crippen LogP contribution in [0.15, 0.2) is 48.7 Å². The first kappa shape index (κ1) is 13.9. The van der Waals surface area contributed by atoms with Crippen LogP contribution in [0.25, 0.3) is 16.9 Å². The third kappa shape index (κ3) is 2.35. The van der Waals surface area contributed by atoms with Gasteiger partial charge in [-0.2, -0.15) is 0 Å². The average molecular weight is 296 g/mol. The summed E-state index contributed by atoms with van der Waals surface area (Å²) in [7, 11) is 3.19. The predicted molar refractivity (Wildman–Crippen MR) is 84.3 cm³/mol. The Hall–Kier alpha value is -3.02. The molecule has 0 atom stereocenters. The fraction of sp³-hybridized carbons (Fsp3) is 0.125. The molecule has 112 valence electrons. The van der Waals surface area contributed by atoms with E-state index in [9.17, 15) is 0 Å². The minimum atomic E-state index is 0.600. The smallest absolute Gasteiger partial charge is 0.186 e. The topological polar surface area (TPSA) is 75.2 Å². The van der Waals surface area contributed by atoms with Gasteiger partial charge in [0.05, 0.1) is 20.4 Å². The first-order valence-corrected chi connectivity index (χ1v) is 6.73. The molecule has 22 heavy (non-hydrogen) atoms. The molecule has 6 nitrogen and oxygen atoms in total. The maximum Gasteiger partial charge on any atom is 0.186 e. The monoisotopic (exact) mass is 296 g/mol. The van der Waals surface area contributed by atoms with E-state index < -0.39 is 0 Å². The van der Waals surface area contributed by atoms with Gasteiger partial charge in [0, 0.05) is 11.3 Å². The minimum Gasteiger partial charge on any atom is -0.493 e. The highest BCUT2D eigenvalue weighted by Crippen LogP contribution is 2.33. The molecule has 3 aromatic rings. The molecule has 0 fully saturated rings. The highest BCUT2D eigenvalue weighted by atomic mass is 16.5. The van der Waals surface area contributed by atoms with Crippen molar-refractivity contribution in [2.45, 2.75) is 0 Å². The Morgan fingerprint density at radius 1 is 1.00 bits per heavy atom. The van der Waals surface area contributed by atoms with E-state index in [4.69, 9.17) is 15.2 Å². The highest BCUT2D eigenvalue weighted by Gasteiger charge is 2.14. The number of rotatable bonds is 4. The van der Waals surface area contributed by atoms with E-state index in [1.165, 1.54) is 0 Å². The largest absolute Gasteiger partial charge is 0.493 e. The second-order valence-electron chi connectivity index (χ2n) is 4.65. The minimum absolute atomic E-state index is 0.600. The summed E-state index contributed by atoms with van der Waals surface area (Å²) in [5, 5.41) is 8.35. The summed E-state index contributed by atoms with van der Waals surface area (Å²) in [6, 6.07) is 13.1. The summed E-state index contributed by atoms with van der Waals surface area (Å²) in [6.45, 7) is 0. The number of nitrogen functional groups attached to an aromatic ring is 1. The van der Waals surface area contributed by atoms with Crippen molar-refractivity contribution in [3.8, 4) is 28.4 Å². The number of hydrogen-bond acceptors (Lipinski definition) is 5. The third-order valence-corrected chi connectivity index (χ3v) is 3.36. The van der Waals surface area contributed by atoms with Crippen molar-refractivity contribution in [3.63, 3.8) is 0 Å². The normalized spacial score (nSPS) is 10.5. The van der Waals surface area contributed by atoms with E-state index in [-0.39, 0.29) is 0 Å². The lowest BCUT2D eigenvalue weighted by atomic mass is 10.1. The molecular weight excluding hydrogens is 280 g/mol. The van der Waals surface area contributed by atoms with Gasteiger partial charge in [0.1, 0.15) is 11.4 Å². The van der Waals surface area contributed by atoms with Crippen LogP contribution in [-0.4, -0.2) is 29.2 Å². The molecule has 0 aliphatic carbocycles. The Morgan fingerprint density at radius 3 is 2.55 bits per heavy atom. The Balaban J connectivity index is 2.07. The zero-order chi connectivity index (χ0) is 15.5. The Bertz CT molecular complexity index is 798. The molecule has 3 rings (SSSR count). The van der Waals surface area contributed by atoms with E-state index in [1.54, 1.807) is 18.9 Å². The van der Waals surface area contributed by atoms with Crippen molar-refractivity contribution in [1.29, 1.82) is 0 Å². The number of para-hydroxylation sites is 2. The van der Waals surface area contributed by atoms with Gasteiger partial charge in [-0.3, -0.25) is 0 Å². The summed E-state index contributed by atoms with van der Waals surface area (Å²) in [5.74, 6) is 1.23. The summed E-state index contributed by atoms with van der Waals surface area (Å²) < 4.78 is 12.4. The lowest BCUT2D eigenvalue weighted by Gasteiger charge is -2.11. The average Bonchev–Trinajstić information content (AvgIpc) is 3.04. The molecule has 2 aromatic carbocycles. The highest BCUT2D eigenvalue weighted by molar-refractivity contribution is 5.73. The van der Waals surface area contributed by atoms with Crippen molar-refractivity contribution in [2.75, 3.05) is 20.0 Å². The van der Waals surface area contributed by atoms with Crippen LogP contribution in [0.5, 0.6) is 11.5 Å². The van der Waals surface area contributed by atoms with Crippen LogP contribution in [0.1, 0.15) is 0 Å². The van der Waals surface area contributed by atoms with Crippen LogP contribution in [0.2, 0.25) is 0 Å². The van der Waals surface area contributed by atoms with Crippen molar-refractivity contribution < 1.29 is 9.47 Å². The van der Waals surface area contributed by atoms with E-state index in [0.717, 1.165) is 11.3 Å². The van der Waals surface area contributed by atoms with Crippen LogP contribution in [-0.2, 0) is 0 Å². The van der Waals surface area contributed by atoms with E-state index in [0.29, 0.717) is 22.9 Å². The number of hydrogen-bond donors (Lipinski definition) is 1. The molecule has 6 heteroatoms. The van der Waals surface area contributed by atoms with Crippen LogP contribution >= 0.6 is 0 Å². The fourth-order valence-electron chi connectivity index (χ4n) is 2.29. The van der Waals surface area contributed by atoms with Gasteiger partial charge in [0.2, 0.25) is 0 Å². The molecule has 1 aromatic heterocycles. The number of benzene rings is 2. The second kappa shape index (κ2) is 5.77. The van der Waals surface area contributed by atoms with Crippen LogP contribution in [0.3, 0.4) is 0 Å². The SMILES string of the molecule is COc1cccc(-n2cc(-c3ccccc3N)nn2)c1OC. The van der Waals surface area contributed by atoms with Gasteiger partial charge < -0.3 is 15.2 Å². The fourth-order valence-corrected chi connectivity index (χ4v) is 2.29. The number of aromatic nitrogens is 3. The Kier molecular flexibility index (Phi) is 3.65. The number of anilines is 1. The van der Waals surface area contributed by atoms with Crippen LogP contribution in [0, 0.1) is 0 Å². The lowest BCUT2D eigenvalue weighted by Crippen LogP contribution is -2.00. The third-order valence-electron chi connectivity index (χ3n) is 3.36. The van der Waals surface area contributed by atoms with Gasteiger partial charge >= 0.3 is 0 Å². The standard InChI is InChI=1S/C16H16N4O2/c1-21-15-9-5-8-14(16(15)22-2)20-10-13(18-19-20)11-6-3-4-7-12(11)17/h3-10H,17H2,1-2H3. The van der Waals surface area contributed by atoms with Crippen LogP contribution < -0.4 is 15.2 Å². The molecule has 0 radical (unpaired) electrons. The second-order valence-corrected chi connectivity index (χ2v) is 4.65. The number of nitrogens with two attached hydrogens (primary N) is 1. The van der Waals surface area contributed by atoms with Crippen molar-refractivity contribution in [2.24, 2.45) is 0 Å². The molecule has 1 heterocycles. The van der Waals surface area contributed by atoms with E-state index in [1.807, 2.05) is 48.7 Å². The lowest BCUT2D eigenvalue weighted by molar-refractivity contribution is 0.353. The molecule has 0 saturated heterocycles. The summed E-state index contributed by atoms with van der Waals surface area (Å²) in [6.07, 6.45) is 1.81. The van der Waals surface area contributed by atoms with E-state index >= 15 is 0 Å². The van der Waals surface area contributed by atoms with Gasteiger partial charge in [0.25, 0.3) is 0 Å². The first-order chi connectivity index (χ1) is 10.7. The van der Waals surface area contributed by atoms with Gasteiger partial charge in [-0.15, -0.1) is 5.10 Å². The molecule has 0 amide bonds. The molecule has 0 saturated carbocycles. The molecule has 2 N–H and O–H groups in total. The van der Waals surface area contributed by atoms with E-state index in [2.05, 4.69) is 10.3 Å². The maximum atomic E-state index is 5.98. The van der Waals surface area contributed by atoms with Gasteiger partial charge in [0.15, 0.2) is 11.5 Å². The molecule has 0 bridgehead atoms. The van der Waals surface area contributed by atoms with Crippen molar-refractivity contribution >= 4 is 5.69 Å². The molecular formula is C16H16N4O2. The summed E-state index contributed by atoms with van der Waals surface area (Å²) >= 11 is 0. The molecule has 0 unspecified atom stereocenters. The zero-order valence-electron chi connectivity index (χ0n) is 12.4. The van der Waals surface area contributed by atoms with Crippen LogP contribution in [0.4, 0.5) is 5.69 Å². The maximum absolute atomic E-state index is 5.98. The molecule has 0 spiro atoms. The van der Waals surface area contributed by atoms with Gasteiger partial charge in [-0.1, -0.05) is 29.5 Å². The van der Waals surface area contributed by atoms with Gasteiger partial charge in [-0.05, 0) is 18.2 Å². The number of nitrogens with zero attached hydrogens (tertiary/aromatic N) is 3. The zero-order valence-corrected chi connectivity index (χ0v) is 12.4. The number of ether oxygens (including phenoxy) is 2. The summed E-state index contributed by atoms with van der Waals surface area (Å²) in [5.41, 5.74) is 8.93. The molecule has 0 aliphatic rings. The quantitative estimate of drug-likeness (QED) is 0.749. The number of methoxy groups -OCH3 is 2. The first-order valence-electron chi connectivity index (χ1n) is 6.73. The van der Waals surface area contributed by atoms with Gasteiger partial charge in [-0.25, -0.2) is 4.68 Å². The Morgan fingerprint density at radius 2 is 1.82 bits per heavy atom. The predicted octanol–water partition coefficient (Wildman–Crippen LogP) is 2.53. The van der Waals surface area contributed by atoms with Crippen molar-refractivity contribution in [1.82, 2.24) is 15.0 Å². The summed E-state index contributed by atoms with van der Waals surface area (Å²) in [4.78, 5) is 0. The Labute approximate surface area is 128 Å². The van der Waals surface area contributed by atoms with Crippen molar-refractivity contribution in [3.05, 3.63) is 48.7 Å².